The number of anilines is 1. The molecule has 1 aliphatic heterocycles. The van der Waals surface area contributed by atoms with E-state index in [-0.39, 0.29) is 31.2 Å². The number of amides is 2. The summed E-state index contributed by atoms with van der Waals surface area (Å²) in [6, 6.07) is 16.3. The predicted octanol–water partition coefficient (Wildman–Crippen LogP) is 2.74. The number of primary amides is 1. The van der Waals surface area contributed by atoms with E-state index in [9.17, 15) is 14.0 Å². The minimum Gasteiger partial charge on any atom is -0.370 e. The van der Waals surface area contributed by atoms with Crippen LogP contribution in [-0.2, 0) is 16.0 Å². The molecule has 0 saturated carbocycles. The number of nitrogens with two attached hydrogens (primary N) is 1. The van der Waals surface area contributed by atoms with Gasteiger partial charge in [-0.05, 0) is 55.6 Å². The molecule has 2 N–H and O–H groups in total. The lowest BCUT2D eigenvalue weighted by Crippen LogP contribution is -2.44. The summed E-state index contributed by atoms with van der Waals surface area (Å²) in [5.74, 6) is -0.940. The molecule has 2 aromatic rings. The highest BCUT2D eigenvalue weighted by Gasteiger charge is 2.28. The van der Waals surface area contributed by atoms with E-state index in [1.54, 1.807) is 12.1 Å². The Morgan fingerprint density at radius 3 is 2.50 bits per heavy atom. The van der Waals surface area contributed by atoms with Gasteiger partial charge in [-0.25, -0.2) is 4.39 Å². The summed E-state index contributed by atoms with van der Waals surface area (Å²) in [6.07, 6.45) is 3.09. The minimum absolute atomic E-state index is 0.0660. The monoisotopic (exact) mass is 383 g/mol. The highest BCUT2D eigenvalue weighted by Crippen LogP contribution is 2.22. The first-order chi connectivity index (χ1) is 13.5. The van der Waals surface area contributed by atoms with Crippen LogP contribution in [0.2, 0.25) is 0 Å². The van der Waals surface area contributed by atoms with Crippen molar-refractivity contribution in [3.05, 3.63) is 66.0 Å². The Balaban J connectivity index is 1.69. The van der Waals surface area contributed by atoms with Crippen molar-refractivity contribution in [2.75, 3.05) is 24.5 Å². The Bertz CT molecular complexity index is 795. The van der Waals surface area contributed by atoms with E-state index in [0.29, 0.717) is 11.7 Å². The molecular formula is C22H26FN3O2. The maximum absolute atomic E-state index is 13.3. The van der Waals surface area contributed by atoms with Crippen LogP contribution in [0.1, 0.15) is 24.8 Å². The van der Waals surface area contributed by atoms with E-state index >= 15 is 0 Å². The minimum atomic E-state index is -0.469. The number of likely N-dealkylation sites (tertiary alicyclic amines) is 1. The Hall–Kier alpha value is -2.73. The number of hydrogen-bond donors (Lipinski definition) is 1. The molecule has 0 unspecified atom stereocenters. The number of rotatable bonds is 8. The van der Waals surface area contributed by atoms with Crippen molar-refractivity contribution in [1.29, 1.82) is 0 Å². The van der Waals surface area contributed by atoms with Crippen LogP contribution in [0.25, 0.3) is 0 Å². The molecule has 6 heteroatoms. The number of benzene rings is 2. The van der Waals surface area contributed by atoms with Gasteiger partial charge in [0.2, 0.25) is 11.8 Å². The first-order valence-corrected chi connectivity index (χ1v) is 9.65. The molecule has 0 radical (unpaired) electrons. The summed E-state index contributed by atoms with van der Waals surface area (Å²) in [5, 5.41) is 0. The fourth-order valence-electron chi connectivity index (χ4n) is 3.72. The predicted molar refractivity (Wildman–Crippen MR) is 107 cm³/mol. The van der Waals surface area contributed by atoms with Crippen LogP contribution in [0.4, 0.5) is 10.1 Å². The number of halogens is 1. The molecule has 2 amide bonds. The lowest BCUT2D eigenvalue weighted by atomic mass is 10.0. The van der Waals surface area contributed by atoms with E-state index < -0.39 is 5.91 Å². The average molecular weight is 383 g/mol. The fourth-order valence-corrected chi connectivity index (χ4v) is 3.72. The van der Waals surface area contributed by atoms with Crippen LogP contribution in [0, 0.1) is 5.82 Å². The van der Waals surface area contributed by atoms with E-state index in [0.717, 1.165) is 25.8 Å². The quantitative estimate of drug-likeness (QED) is 0.762. The third-order valence-electron chi connectivity index (χ3n) is 5.17. The second kappa shape index (κ2) is 9.46. The van der Waals surface area contributed by atoms with E-state index in [4.69, 9.17) is 5.73 Å². The topological polar surface area (TPSA) is 66.6 Å². The van der Waals surface area contributed by atoms with Crippen LogP contribution in [0.15, 0.2) is 54.6 Å². The van der Waals surface area contributed by atoms with Crippen molar-refractivity contribution < 1.29 is 14.0 Å². The third kappa shape index (κ3) is 5.39. The number of carbonyl (C=O) groups excluding carboxylic acids is 2. The average Bonchev–Trinajstić information content (AvgIpc) is 3.10. The van der Waals surface area contributed by atoms with Crippen LogP contribution in [0.5, 0.6) is 0 Å². The maximum Gasteiger partial charge on any atom is 0.241 e. The summed E-state index contributed by atoms with van der Waals surface area (Å²) in [6.45, 7) is 1.33. The van der Waals surface area contributed by atoms with Crippen LogP contribution >= 0.6 is 0 Å². The Morgan fingerprint density at radius 2 is 1.82 bits per heavy atom. The molecule has 1 saturated heterocycles. The largest absolute Gasteiger partial charge is 0.370 e. The number of hydrogen-bond acceptors (Lipinski definition) is 3. The lowest BCUT2D eigenvalue weighted by Gasteiger charge is -2.28. The Labute approximate surface area is 164 Å². The van der Waals surface area contributed by atoms with Crippen molar-refractivity contribution in [2.24, 2.45) is 5.73 Å². The van der Waals surface area contributed by atoms with Gasteiger partial charge in [0.1, 0.15) is 5.82 Å². The molecule has 0 spiro atoms. The molecule has 3 rings (SSSR count). The molecule has 5 nitrogen and oxygen atoms in total. The summed E-state index contributed by atoms with van der Waals surface area (Å²) in [4.78, 5) is 28.0. The van der Waals surface area contributed by atoms with Gasteiger partial charge in [-0.2, -0.15) is 0 Å². The molecule has 2 aromatic carbocycles. The van der Waals surface area contributed by atoms with E-state index in [1.807, 2.05) is 18.2 Å². The van der Waals surface area contributed by atoms with Crippen LogP contribution in [0.3, 0.4) is 0 Å². The van der Waals surface area contributed by atoms with Gasteiger partial charge in [-0.3, -0.25) is 14.5 Å². The van der Waals surface area contributed by atoms with E-state index in [2.05, 4.69) is 17.0 Å². The first kappa shape index (κ1) is 20.0. The zero-order chi connectivity index (χ0) is 19.9. The van der Waals surface area contributed by atoms with Gasteiger partial charge in [0.15, 0.2) is 0 Å². The van der Waals surface area contributed by atoms with Crippen molar-refractivity contribution >= 4 is 17.5 Å². The Morgan fingerprint density at radius 1 is 1.11 bits per heavy atom. The van der Waals surface area contributed by atoms with Gasteiger partial charge >= 0.3 is 0 Å². The molecular weight excluding hydrogens is 357 g/mol. The molecule has 1 heterocycles. The molecule has 1 aliphatic rings. The molecule has 1 atom stereocenters. The van der Waals surface area contributed by atoms with Gasteiger partial charge in [0.05, 0.1) is 6.54 Å². The van der Waals surface area contributed by atoms with E-state index in [1.165, 1.54) is 22.6 Å². The highest BCUT2D eigenvalue weighted by atomic mass is 19.1. The normalized spacial score (nSPS) is 16.8. The second-order valence-corrected chi connectivity index (χ2v) is 7.19. The third-order valence-corrected chi connectivity index (χ3v) is 5.17. The standard InChI is InChI=1S/C22H26FN3O2/c23-18-8-10-19(11-9-18)26(14-12-21(24)27)22(28)16-25-13-4-7-20(25)15-17-5-2-1-3-6-17/h1-3,5-6,8-11,20H,4,7,12-16H2,(H2,24,27)/t20-/m1/s1. The molecule has 1 fully saturated rings. The van der Waals surface area contributed by atoms with Gasteiger partial charge in [-0.1, -0.05) is 30.3 Å². The first-order valence-electron chi connectivity index (χ1n) is 9.65. The van der Waals surface area contributed by atoms with Crippen LogP contribution in [-0.4, -0.2) is 42.4 Å². The number of nitrogens with zero attached hydrogens (tertiary/aromatic N) is 2. The van der Waals surface area contributed by atoms with Gasteiger partial charge in [0.25, 0.3) is 0 Å². The lowest BCUT2D eigenvalue weighted by molar-refractivity contribution is -0.120. The maximum atomic E-state index is 13.3. The molecule has 148 valence electrons. The zero-order valence-electron chi connectivity index (χ0n) is 15.9. The molecule has 28 heavy (non-hydrogen) atoms. The SMILES string of the molecule is NC(=O)CCN(C(=O)CN1CCC[C@@H]1Cc1ccccc1)c1ccc(F)cc1. The molecule has 0 aliphatic carbocycles. The Kier molecular flexibility index (Phi) is 6.76. The molecule has 0 aromatic heterocycles. The van der Waals surface area contributed by atoms with Crippen molar-refractivity contribution in [2.45, 2.75) is 31.7 Å². The van der Waals surface area contributed by atoms with Crippen molar-refractivity contribution in [3.8, 4) is 0 Å². The fraction of sp³-hybridized carbons (Fsp3) is 0.364. The smallest absolute Gasteiger partial charge is 0.241 e. The van der Waals surface area contributed by atoms with Crippen molar-refractivity contribution in [1.82, 2.24) is 4.90 Å². The summed E-state index contributed by atoms with van der Waals surface area (Å²) in [5.41, 5.74) is 7.10. The summed E-state index contributed by atoms with van der Waals surface area (Å²) < 4.78 is 13.3. The van der Waals surface area contributed by atoms with Crippen molar-refractivity contribution in [3.63, 3.8) is 0 Å². The highest BCUT2D eigenvalue weighted by molar-refractivity contribution is 5.95. The number of carbonyl (C=O) groups is 2. The van der Waals surface area contributed by atoms with Gasteiger partial charge in [-0.15, -0.1) is 0 Å². The second-order valence-electron chi connectivity index (χ2n) is 7.19. The van der Waals surface area contributed by atoms with Gasteiger partial charge in [0, 0.05) is 24.7 Å². The zero-order valence-corrected chi connectivity index (χ0v) is 15.9. The molecule has 0 bridgehead atoms. The summed E-state index contributed by atoms with van der Waals surface area (Å²) >= 11 is 0. The summed E-state index contributed by atoms with van der Waals surface area (Å²) in [7, 11) is 0. The van der Waals surface area contributed by atoms with Gasteiger partial charge < -0.3 is 10.6 Å². The van der Waals surface area contributed by atoms with Crippen LogP contribution < -0.4 is 10.6 Å².